The fraction of sp³-hybridized carbons (Fsp3) is 0.571. The second-order valence-corrected chi connectivity index (χ2v) is 6.19. The first kappa shape index (κ1) is 12.8. The van der Waals surface area contributed by atoms with Crippen molar-refractivity contribution in [2.75, 3.05) is 6.54 Å². The van der Waals surface area contributed by atoms with Crippen molar-refractivity contribution in [2.45, 2.75) is 45.7 Å². The third-order valence-corrected chi connectivity index (χ3v) is 4.45. The molecule has 0 radical (unpaired) electrons. The molecule has 0 bridgehead atoms. The summed E-state index contributed by atoms with van der Waals surface area (Å²) in [6.07, 6.45) is 5.63. The lowest BCUT2D eigenvalue weighted by Crippen LogP contribution is -2.19. The zero-order chi connectivity index (χ0) is 13.2. The minimum Gasteiger partial charge on any atom is -0.314 e. The smallest absolute Gasteiger partial charge is 0.114 e. The summed E-state index contributed by atoms with van der Waals surface area (Å²) in [5, 5.41) is 11.4. The van der Waals surface area contributed by atoms with E-state index in [1.54, 1.807) is 11.3 Å². The van der Waals surface area contributed by atoms with Crippen LogP contribution in [0.15, 0.2) is 11.6 Å². The molecule has 1 N–H and O–H groups in total. The number of nitrogens with zero attached hydrogens (tertiary/aromatic N) is 3. The van der Waals surface area contributed by atoms with Crippen LogP contribution < -0.4 is 5.32 Å². The standard InChI is InChI=1S/C14H20N4S/c1-10-13(5-6-15-12-3-4-12)11(2)18(17-10)9-14-16-7-8-19-14/h7-8,12,15H,3-6,9H2,1-2H3. The van der Waals surface area contributed by atoms with E-state index in [-0.39, 0.29) is 0 Å². The van der Waals surface area contributed by atoms with Crippen LogP contribution in [0.2, 0.25) is 0 Å². The largest absolute Gasteiger partial charge is 0.314 e. The van der Waals surface area contributed by atoms with Crippen molar-refractivity contribution in [3.8, 4) is 0 Å². The molecule has 2 heterocycles. The summed E-state index contributed by atoms with van der Waals surface area (Å²) in [6.45, 7) is 6.13. The normalized spacial score (nSPS) is 15.1. The van der Waals surface area contributed by atoms with Gasteiger partial charge in [0.1, 0.15) is 5.01 Å². The number of hydrogen-bond acceptors (Lipinski definition) is 4. The number of nitrogens with one attached hydrogen (secondary N) is 1. The first-order chi connectivity index (χ1) is 9.24. The molecule has 5 heteroatoms. The van der Waals surface area contributed by atoms with Crippen molar-refractivity contribution in [3.63, 3.8) is 0 Å². The van der Waals surface area contributed by atoms with E-state index in [2.05, 4.69) is 33.9 Å². The quantitative estimate of drug-likeness (QED) is 0.880. The van der Waals surface area contributed by atoms with E-state index in [9.17, 15) is 0 Å². The van der Waals surface area contributed by atoms with Gasteiger partial charge in [0.2, 0.25) is 0 Å². The van der Waals surface area contributed by atoms with Gasteiger partial charge in [-0.1, -0.05) is 0 Å². The molecule has 0 aromatic carbocycles. The van der Waals surface area contributed by atoms with E-state index in [1.165, 1.54) is 24.1 Å². The Hall–Kier alpha value is -1.20. The van der Waals surface area contributed by atoms with Gasteiger partial charge in [-0.25, -0.2) is 4.98 Å². The summed E-state index contributed by atoms with van der Waals surface area (Å²) < 4.78 is 2.08. The first-order valence-electron chi connectivity index (χ1n) is 6.88. The fourth-order valence-electron chi connectivity index (χ4n) is 2.40. The van der Waals surface area contributed by atoms with Crippen molar-refractivity contribution in [2.24, 2.45) is 0 Å². The molecule has 2 aromatic rings. The van der Waals surface area contributed by atoms with Gasteiger partial charge in [0, 0.05) is 23.3 Å². The number of hydrogen-bond donors (Lipinski definition) is 1. The van der Waals surface area contributed by atoms with E-state index in [0.717, 1.165) is 36.3 Å². The molecule has 102 valence electrons. The maximum Gasteiger partial charge on any atom is 0.114 e. The van der Waals surface area contributed by atoms with Crippen LogP contribution in [0.1, 0.15) is 34.8 Å². The Kier molecular flexibility index (Phi) is 3.66. The zero-order valence-corrected chi connectivity index (χ0v) is 12.3. The summed E-state index contributed by atoms with van der Waals surface area (Å²) in [7, 11) is 0. The van der Waals surface area contributed by atoms with Gasteiger partial charge in [-0.2, -0.15) is 5.10 Å². The van der Waals surface area contributed by atoms with Crippen molar-refractivity contribution in [3.05, 3.63) is 33.5 Å². The molecule has 19 heavy (non-hydrogen) atoms. The maximum absolute atomic E-state index is 4.65. The SMILES string of the molecule is Cc1nn(Cc2nccs2)c(C)c1CCNC1CC1. The molecular formula is C14H20N4S. The fourth-order valence-corrected chi connectivity index (χ4v) is 3.00. The van der Waals surface area contributed by atoms with Crippen LogP contribution in [0, 0.1) is 13.8 Å². The van der Waals surface area contributed by atoms with E-state index >= 15 is 0 Å². The Bertz CT molecular complexity index is 540. The van der Waals surface area contributed by atoms with E-state index in [4.69, 9.17) is 0 Å². The maximum atomic E-state index is 4.65. The molecule has 0 unspecified atom stereocenters. The number of thiazole rings is 1. The summed E-state index contributed by atoms with van der Waals surface area (Å²) >= 11 is 1.69. The average Bonchev–Trinajstić information content (AvgIpc) is 3.00. The summed E-state index contributed by atoms with van der Waals surface area (Å²) in [5.74, 6) is 0. The lowest BCUT2D eigenvalue weighted by Gasteiger charge is -2.05. The predicted molar refractivity (Wildman–Crippen MR) is 77.6 cm³/mol. The van der Waals surface area contributed by atoms with Crippen LogP contribution in [0.25, 0.3) is 0 Å². The van der Waals surface area contributed by atoms with Crippen LogP contribution in [-0.4, -0.2) is 27.4 Å². The van der Waals surface area contributed by atoms with Gasteiger partial charge >= 0.3 is 0 Å². The molecule has 1 saturated carbocycles. The summed E-state index contributed by atoms with van der Waals surface area (Å²) in [5.41, 5.74) is 3.83. The molecule has 2 aromatic heterocycles. The first-order valence-corrected chi connectivity index (χ1v) is 7.76. The van der Waals surface area contributed by atoms with Gasteiger partial charge < -0.3 is 5.32 Å². The highest BCUT2D eigenvalue weighted by atomic mass is 32.1. The van der Waals surface area contributed by atoms with Crippen LogP contribution in [0.3, 0.4) is 0 Å². The Labute approximate surface area is 117 Å². The highest BCUT2D eigenvalue weighted by Gasteiger charge is 2.20. The Balaban J connectivity index is 1.67. The molecule has 0 aliphatic heterocycles. The molecule has 0 spiro atoms. The van der Waals surface area contributed by atoms with E-state index < -0.39 is 0 Å². The third kappa shape index (κ3) is 3.04. The molecule has 0 amide bonds. The van der Waals surface area contributed by atoms with Gasteiger partial charge in [0.15, 0.2) is 0 Å². The molecule has 1 aliphatic rings. The monoisotopic (exact) mass is 276 g/mol. The highest BCUT2D eigenvalue weighted by Crippen LogP contribution is 2.19. The van der Waals surface area contributed by atoms with Crippen LogP contribution in [0.4, 0.5) is 0 Å². The topological polar surface area (TPSA) is 42.7 Å². The van der Waals surface area contributed by atoms with Crippen LogP contribution in [0.5, 0.6) is 0 Å². The second kappa shape index (κ2) is 5.43. The van der Waals surface area contributed by atoms with Gasteiger partial charge in [-0.3, -0.25) is 4.68 Å². The molecule has 0 saturated heterocycles. The zero-order valence-electron chi connectivity index (χ0n) is 11.5. The summed E-state index contributed by atoms with van der Waals surface area (Å²) in [6, 6.07) is 0.783. The number of aryl methyl sites for hydroxylation is 1. The van der Waals surface area contributed by atoms with Crippen molar-refractivity contribution >= 4 is 11.3 Å². The minimum absolute atomic E-state index is 0.783. The highest BCUT2D eigenvalue weighted by molar-refractivity contribution is 7.09. The van der Waals surface area contributed by atoms with Gasteiger partial charge in [0.25, 0.3) is 0 Å². The Morgan fingerprint density at radius 1 is 1.42 bits per heavy atom. The molecule has 4 nitrogen and oxygen atoms in total. The van der Waals surface area contributed by atoms with Crippen LogP contribution >= 0.6 is 11.3 Å². The Morgan fingerprint density at radius 3 is 2.95 bits per heavy atom. The van der Waals surface area contributed by atoms with Gasteiger partial charge in [-0.15, -0.1) is 11.3 Å². The van der Waals surface area contributed by atoms with E-state index in [0.29, 0.717) is 0 Å². The second-order valence-electron chi connectivity index (χ2n) is 5.21. The van der Waals surface area contributed by atoms with Crippen LogP contribution in [-0.2, 0) is 13.0 Å². The molecule has 0 atom stereocenters. The molecular weight excluding hydrogens is 256 g/mol. The molecule has 3 rings (SSSR count). The lowest BCUT2D eigenvalue weighted by molar-refractivity contribution is 0.652. The third-order valence-electron chi connectivity index (χ3n) is 3.69. The number of aromatic nitrogens is 3. The van der Waals surface area contributed by atoms with Crippen molar-refractivity contribution < 1.29 is 0 Å². The predicted octanol–water partition coefficient (Wildman–Crippen LogP) is 2.30. The van der Waals surface area contributed by atoms with Crippen molar-refractivity contribution in [1.82, 2.24) is 20.1 Å². The van der Waals surface area contributed by atoms with Crippen molar-refractivity contribution in [1.29, 1.82) is 0 Å². The molecule has 1 aliphatic carbocycles. The number of rotatable bonds is 6. The van der Waals surface area contributed by atoms with E-state index in [1.807, 2.05) is 11.6 Å². The molecule has 1 fully saturated rings. The Morgan fingerprint density at radius 2 is 2.26 bits per heavy atom. The van der Waals surface area contributed by atoms with Gasteiger partial charge in [-0.05, 0) is 45.2 Å². The average molecular weight is 276 g/mol. The summed E-state index contributed by atoms with van der Waals surface area (Å²) in [4.78, 5) is 4.33. The lowest BCUT2D eigenvalue weighted by atomic mass is 10.1. The minimum atomic E-state index is 0.783. The van der Waals surface area contributed by atoms with Gasteiger partial charge in [0.05, 0.1) is 12.2 Å².